The lowest BCUT2D eigenvalue weighted by Crippen LogP contribution is -2.00. The van der Waals surface area contributed by atoms with Gasteiger partial charge in [-0.2, -0.15) is 0 Å². The van der Waals surface area contributed by atoms with Crippen molar-refractivity contribution >= 4 is 6.47 Å². The van der Waals surface area contributed by atoms with Gasteiger partial charge in [-0.25, -0.2) is 0 Å². The standard InChI is InChI=1S/C25H23NO.CH2O2/c1-19-16-20(2)26(23-13-7-4-8-14-23)25(19)22-12-9-15-24(17-22)27-18-21-10-5-3-6-11-21;2-1-3/h3-17H,18H2,1-2H3;1H,(H,2,3). The zero-order valence-electron chi connectivity index (χ0n) is 17.2. The Hall–Kier alpha value is -3.79. The van der Waals surface area contributed by atoms with Crippen molar-refractivity contribution in [3.8, 4) is 22.7 Å². The normalized spacial score (nSPS) is 10.1. The highest BCUT2D eigenvalue weighted by molar-refractivity contribution is 5.69. The van der Waals surface area contributed by atoms with Crippen molar-refractivity contribution in [1.82, 2.24) is 4.57 Å². The van der Waals surface area contributed by atoms with Crippen LogP contribution in [0.15, 0.2) is 91.0 Å². The molecule has 0 saturated carbocycles. The number of aryl methyl sites for hydroxylation is 2. The molecule has 4 nitrogen and oxygen atoms in total. The Balaban J connectivity index is 0.000000806. The van der Waals surface area contributed by atoms with Crippen LogP contribution in [0.1, 0.15) is 16.8 Å². The van der Waals surface area contributed by atoms with E-state index < -0.39 is 0 Å². The summed E-state index contributed by atoms with van der Waals surface area (Å²) >= 11 is 0. The summed E-state index contributed by atoms with van der Waals surface area (Å²) in [4.78, 5) is 8.36. The molecule has 30 heavy (non-hydrogen) atoms. The third kappa shape index (κ3) is 4.97. The van der Waals surface area contributed by atoms with Crippen molar-refractivity contribution in [2.75, 3.05) is 0 Å². The fraction of sp³-hybridized carbons (Fsp3) is 0.115. The van der Waals surface area contributed by atoms with Gasteiger partial charge in [-0.1, -0.05) is 60.7 Å². The van der Waals surface area contributed by atoms with Crippen molar-refractivity contribution in [2.45, 2.75) is 20.5 Å². The number of para-hydroxylation sites is 1. The van der Waals surface area contributed by atoms with E-state index in [1.807, 2.05) is 30.3 Å². The Bertz CT molecular complexity index is 1090. The first kappa shape index (κ1) is 20.9. The lowest BCUT2D eigenvalue weighted by atomic mass is 10.1. The van der Waals surface area contributed by atoms with Crippen LogP contribution in [0.5, 0.6) is 5.75 Å². The van der Waals surface area contributed by atoms with Gasteiger partial charge in [0.25, 0.3) is 6.47 Å². The summed E-state index contributed by atoms with van der Waals surface area (Å²) in [6.07, 6.45) is 0. The number of hydrogen-bond donors (Lipinski definition) is 1. The molecule has 0 radical (unpaired) electrons. The number of ether oxygens (including phenoxy) is 1. The van der Waals surface area contributed by atoms with Crippen LogP contribution in [0.3, 0.4) is 0 Å². The maximum absolute atomic E-state index is 8.36. The fourth-order valence-electron chi connectivity index (χ4n) is 3.54. The molecule has 0 amide bonds. The van der Waals surface area contributed by atoms with E-state index in [9.17, 15) is 0 Å². The molecule has 0 aliphatic heterocycles. The Morgan fingerprint density at radius 2 is 1.50 bits per heavy atom. The second-order valence-corrected chi connectivity index (χ2v) is 6.90. The van der Waals surface area contributed by atoms with Crippen LogP contribution in [0.25, 0.3) is 16.9 Å². The average molecular weight is 399 g/mol. The first-order valence-corrected chi connectivity index (χ1v) is 9.73. The Morgan fingerprint density at radius 1 is 0.867 bits per heavy atom. The van der Waals surface area contributed by atoms with Gasteiger partial charge in [0.05, 0.1) is 5.69 Å². The molecule has 4 rings (SSSR count). The highest BCUT2D eigenvalue weighted by Gasteiger charge is 2.14. The van der Waals surface area contributed by atoms with E-state index in [2.05, 4.69) is 79.1 Å². The molecule has 0 unspecified atom stereocenters. The third-order valence-electron chi connectivity index (χ3n) is 4.75. The summed E-state index contributed by atoms with van der Waals surface area (Å²) in [7, 11) is 0. The molecule has 0 spiro atoms. The van der Waals surface area contributed by atoms with E-state index in [4.69, 9.17) is 14.6 Å². The first-order valence-electron chi connectivity index (χ1n) is 9.73. The molecule has 4 heteroatoms. The monoisotopic (exact) mass is 399 g/mol. The predicted octanol–water partition coefficient (Wildman–Crippen LogP) is 6.04. The molecule has 3 aromatic carbocycles. The van der Waals surface area contributed by atoms with Crippen LogP contribution < -0.4 is 4.74 Å². The van der Waals surface area contributed by atoms with Crippen molar-refractivity contribution in [3.63, 3.8) is 0 Å². The molecule has 0 fully saturated rings. The highest BCUT2D eigenvalue weighted by Crippen LogP contribution is 2.32. The van der Waals surface area contributed by atoms with E-state index in [1.54, 1.807) is 0 Å². The number of hydrogen-bond acceptors (Lipinski definition) is 2. The molecular weight excluding hydrogens is 374 g/mol. The predicted molar refractivity (Wildman–Crippen MR) is 120 cm³/mol. The topological polar surface area (TPSA) is 51.5 Å². The van der Waals surface area contributed by atoms with Gasteiger partial charge < -0.3 is 14.4 Å². The summed E-state index contributed by atoms with van der Waals surface area (Å²) < 4.78 is 8.35. The molecule has 1 N–H and O–H groups in total. The second-order valence-electron chi connectivity index (χ2n) is 6.90. The molecule has 4 aromatic rings. The molecule has 0 atom stereocenters. The van der Waals surface area contributed by atoms with Crippen LogP contribution in [0.4, 0.5) is 0 Å². The second kappa shape index (κ2) is 10.1. The van der Waals surface area contributed by atoms with Crippen LogP contribution >= 0.6 is 0 Å². The van der Waals surface area contributed by atoms with Gasteiger partial charge in [-0.15, -0.1) is 0 Å². The van der Waals surface area contributed by atoms with Gasteiger partial charge in [0.15, 0.2) is 0 Å². The highest BCUT2D eigenvalue weighted by atomic mass is 16.5. The first-order chi connectivity index (χ1) is 14.6. The zero-order chi connectivity index (χ0) is 21.3. The number of carbonyl (C=O) groups is 1. The van der Waals surface area contributed by atoms with Crippen LogP contribution in [-0.4, -0.2) is 16.1 Å². The number of aromatic nitrogens is 1. The molecular formula is C26H25NO3. The summed E-state index contributed by atoms with van der Waals surface area (Å²) in [5, 5.41) is 6.89. The smallest absolute Gasteiger partial charge is 0.290 e. The molecule has 0 saturated heterocycles. The molecule has 0 aliphatic carbocycles. The van der Waals surface area contributed by atoms with E-state index >= 15 is 0 Å². The molecule has 1 heterocycles. The van der Waals surface area contributed by atoms with Crippen molar-refractivity contribution in [1.29, 1.82) is 0 Å². The fourth-order valence-corrected chi connectivity index (χ4v) is 3.54. The van der Waals surface area contributed by atoms with Gasteiger partial charge in [0.1, 0.15) is 12.4 Å². The Labute approximate surface area is 177 Å². The molecule has 152 valence electrons. The Morgan fingerprint density at radius 3 is 2.17 bits per heavy atom. The lowest BCUT2D eigenvalue weighted by molar-refractivity contribution is -0.122. The van der Waals surface area contributed by atoms with Gasteiger partial charge in [0, 0.05) is 16.9 Å². The molecule has 0 bridgehead atoms. The largest absolute Gasteiger partial charge is 0.489 e. The van der Waals surface area contributed by atoms with Crippen molar-refractivity contribution in [3.05, 3.63) is 108 Å². The van der Waals surface area contributed by atoms with E-state index in [0.29, 0.717) is 6.61 Å². The van der Waals surface area contributed by atoms with Crippen LogP contribution in [-0.2, 0) is 11.4 Å². The Kier molecular flexibility index (Phi) is 7.06. The minimum atomic E-state index is -0.250. The SMILES string of the molecule is Cc1cc(C)n(-c2ccccc2)c1-c1cccc(OCc2ccccc2)c1.O=CO. The van der Waals surface area contributed by atoms with E-state index in [0.717, 1.165) is 11.3 Å². The number of carboxylic acid groups (broad SMARTS) is 1. The van der Waals surface area contributed by atoms with E-state index in [-0.39, 0.29) is 6.47 Å². The number of nitrogens with zero attached hydrogens (tertiary/aromatic N) is 1. The molecule has 1 aromatic heterocycles. The van der Waals surface area contributed by atoms with Crippen molar-refractivity contribution < 1.29 is 14.6 Å². The quantitative estimate of drug-likeness (QED) is 0.416. The minimum absolute atomic E-state index is 0.250. The average Bonchev–Trinajstić information content (AvgIpc) is 3.08. The maximum Gasteiger partial charge on any atom is 0.290 e. The third-order valence-corrected chi connectivity index (χ3v) is 4.75. The number of rotatable bonds is 5. The minimum Gasteiger partial charge on any atom is -0.489 e. The van der Waals surface area contributed by atoms with Crippen LogP contribution in [0.2, 0.25) is 0 Å². The van der Waals surface area contributed by atoms with Gasteiger partial charge in [-0.05, 0) is 55.3 Å². The van der Waals surface area contributed by atoms with Crippen molar-refractivity contribution in [2.24, 2.45) is 0 Å². The summed E-state index contributed by atoms with van der Waals surface area (Å²) in [6, 6.07) is 31.3. The van der Waals surface area contributed by atoms with Gasteiger partial charge >= 0.3 is 0 Å². The summed E-state index contributed by atoms with van der Waals surface area (Å²) in [5.41, 5.74) is 7.20. The number of benzene rings is 3. The summed E-state index contributed by atoms with van der Waals surface area (Å²) in [6.45, 7) is 4.64. The molecule has 0 aliphatic rings. The summed E-state index contributed by atoms with van der Waals surface area (Å²) in [5.74, 6) is 0.884. The van der Waals surface area contributed by atoms with E-state index in [1.165, 1.54) is 28.2 Å². The van der Waals surface area contributed by atoms with Gasteiger partial charge in [0.2, 0.25) is 0 Å². The maximum atomic E-state index is 8.36. The van der Waals surface area contributed by atoms with Gasteiger partial charge in [-0.3, -0.25) is 4.79 Å². The zero-order valence-corrected chi connectivity index (χ0v) is 17.2. The van der Waals surface area contributed by atoms with Crippen LogP contribution in [0, 0.1) is 13.8 Å². The lowest BCUT2D eigenvalue weighted by Gasteiger charge is -2.14.